The molecule has 0 aliphatic rings. The van der Waals surface area contributed by atoms with E-state index in [0.29, 0.717) is 5.41 Å². The topological polar surface area (TPSA) is 0 Å². The second kappa shape index (κ2) is 11.7. The normalized spacial score (nSPS) is 11.0. The molecule has 0 radical (unpaired) electrons. The molecule has 0 unspecified atom stereocenters. The van der Waals surface area contributed by atoms with Gasteiger partial charge in [0.15, 0.2) is 0 Å². The average Bonchev–Trinajstić information content (AvgIpc) is 2.49. The molecule has 0 saturated heterocycles. The van der Waals surface area contributed by atoms with E-state index < -0.39 is 0 Å². The van der Waals surface area contributed by atoms with E-state index in [-0.39, 0.29) is 5.41 Å². The molecule has 1 rings (SSSR count). The maximum absolute atomic E-state index is 2.39. The highest BCUT2D eigenvalue weighted by Gasteiger charge is 2.17. The molecular formula is C22H42. The maximum atomic E-state index is 2.39. The van der Waals surface area contributed by atoms with Gasteiger partial charge in [0.25, 0.3) is 0 Å². The second-order valence-electron chi connectivity index (χ2n) is 7.38. The molecule has 1 aromatic rings. The lowest BCUT2D eigenvalue weighted by Crippen LogP contribution is -2.12. The van der Waals surface area contributed by atoms with Crippen LogP contribution < -0.4 is 0 Å². The summed E-state index contributed by atoms with van der Waals surface area (Å²) >= 11 is 0. The van der Waals surface area contributed by atoms with Gasteiger partial charge in [-0.25, -0.2) is 0 Å². The summed E-state index contributed by atoms with van der Waals surface area (Å²) in [5.74, 6) is 0. The standard InChI is InChI=1S/C11H16.C9H20.C2H6/c1-9-5-7-10(8-6-9)11(2,3)4;1-5-8-9(4,6-2)7-3;1-2/h5-8H,1-4H3;5-8H2,1-4H3;1-2H3. The van der Waals surface area contributed by atoms with Crippen LogP contribution >= 0.6 is 0 Å². The van der Waals surface area contributed by atoms with Crippen LogP contribution in [0, 0.1) is 12.3 Å². The van der Waals surface area contributed by atoms with Gasteiger partial charge in [-0.2, -0.15) is 0 Å². The molecule has 0 nitrogen and oxygen atoms in total. The SMILES string of the molecule is CC.CCCC(C)(CC)CC.Cc1ccc(C(C)(C)C)cc1. The summed E-state index contributed by atoms with van der Waals surface area (Å²) in [6.07, 6.45) is 5.38. The van der Waals surface area contributed by atoms with Gasteiger partial charge >= 0.3 is 0 Å². The van der Waals surface area contributed by atoms with Crippen molar-refractivity contribution in [3.8, 4) is 0 Å². The molecule has 0 saturated carbocycles. The zero-order valence-electron chi connectivity index (χ0n) is 17.1. The first-order chi connectivity index (χ1) is 10.2. The monoisotopic (exact) mass is 306 g/mol. The van der Waals surface area contributed by atoms with Crippen molar-refractivity contribution in [2.75, 3.05) is 0 Å². The molecule has 0 aliphatic carbocycles. The third-order valence-corrected chi connectivity index (χ3v) is 4.48. The molecule has 22 heavy (non-hydrogen) atoms. The molecule has 0 N–H and O–H groups in total. The first-order valence-corrected chi connectivity index (χ1v) is 9.25. The Labute approximate surface area is 141 Å². The van der Waals surface area contributed by atoms with Crippen molar-refractivity contribution in [2.45, 2.75) is 100 Å². The smallest absolute Gasteiger partial charge is 0.0132 e. The van der Waals surface area contributed by atoms with Crippen LogP contribution in [0.1, 0.15) is 99.1 Å². The molecule has 130 valence electrons. The van der Waals surface area contributed by atoms with Crippen molar-refractivity contribution in [1.29, 1.82) is 0 Å². The van der Waals surface area contributed by atoms with Crippen LogP contribution in [-0.4, -0.2) is 0 Å². The lowest BCUT2D eigenvalue weighted by molar-refractivity contribution is 0.270. The van der Waals surface area contributed by atoms with Crippen LogP contribution in [0.15, 0.2) is 24.3 Å². The third-order valence-electron chi connectivity index (χ3n) is 4.48. The molecule has 1 aromatic carbocycles. The summed E-state index contributed by atoms with van der Waals surface area (Å²) in [7, 11) is 0. The number of hydrogen-bond donors (Lipinski definition) is 0. The van der Waals surface area contributed by atoms with E-state index in [1.54, 1.807) is 0 Å². The molecule has 0 heterocycles. The van der Waals surface area contributed by atoms with Gasteiger partial charge in [-0.3, -0.25) is 0 Å². The summed E-state index contributed by atoms with van der Waals surface area (Å²) in [4.78, 5) is 0. The zero-order chi connectivity index (χ0) is 17.8. The van der Waals surface area contributed by atoms with Crippen molar-refractivity contribution in [3.63, 3.8) is 0 Å². The lowest BCUT2D eigenvalue weighted by Gasteiger charge is -2.25. The minimum atomic E-state index is 0.285. The number of hydrogen-bond acceptors (Lipinski definition) is 0. The molecule has 0 bridgehead atoms. The van der Waals surface area contributed by atoms with Crippen LogP contribution in [0.5, 0.6) is 0 Å². The first-order valence-electron chi connectivity index (χ1n) is 9.25. The second-order valence-corrected chi connectivity index (χ2v) is 7.38. The van der Waals surface area contributed by atoms with Gasteiger partial charge in [-0.1, -0.05) is 111 Å². The van der Waals surface area contributed by atoms with E-state index in [1.165, 1.54) is 36.8 Å². The Morgan fingerprint density at radius 1 is 0.773 bits per heavy atom. The maximum Gasteiger partial charge on any atom is -0.0132 e. The van der Waals surface area contributed by atoms with Gasteiger partial charge < -0.3 is 0 Å². The largest absolute Gasteiger partial charge is 0.0683 e. The third kappa shape index (κ3) is 10.0. The van der Waals surface area contributed by atoms with Crippen molar-refractivity contribution in [2.24, 2.45) is 5.41 Å². The molecule has 0 heteroatoms. The molecular weight excluding hydrogens is 264 g/mol. The molecule has 0 aromatic heterocycles. The fourth-order valence-electron chi connectivity index (χ4n) is 2.26. The molecule has 0 fully saturated rings. The minimum absolute atomic E-state index is 0.285. The highest BCUT2D eigenvalue weighted by Crippen LogP contribution is 2.30. The Hall–Kier alpha value is -0.780. The lowest BCUT2D eigenvalue weighted by atomic mass is 9.81. The minimum Gasteiger partial charge on any atom is -0.0683 e. The highest BCUT2D eigenvalue weighted by molar-refractivity contribution is 5.26. The Morgan fingerprint density at radius 3 is 1.41 bits per heavy atom. The van der Waals surface area contributed by atoms with E-state index in [0.717, 1.165) is 0 Å². The van der Waals surface area contributed by atoms with E-state index in [1.807, 2.05) is 13.8 Å². The summed E-state index contributed by atoms with van der Waals surface area (Å²) in [5, 5.41) is 0. The molecule has 0 atom stereocenters. The predicted octanol–water partition coefficient (Wildman–Crippen LogP) is 7.93. The van der Waals surface area contributed by atoms with Gasteiger partial charge in [-0.05, 0) is 29.7 Å². The first kappa shape index (κ1) is 23.5. The van der Waals surface area contributed by atoms with Crippen LogP contribution in [0.2, 0.25) is 0 Å². The van der Waals surface area contributed by atoms with Crippen LogP contribution in [0.3, 0.4) is 0 Å². The molecule has 0 aliphatic heterocycles. The summed E-state index contributed by atoms with van der Waals surface area (Å²) in [6.45, 7) is 22.1. The van der Waals surface area contributed by atoms with E-state index in [9.17, 15) is 0 Å². The quantitative estimate of drug-likeness (QED) is 0.529. The number of aryl methyl sites for hydroxylation is 1. The Balaban J connectivity index is 0. The van der Waals surface area contributed by atoms with E-state index >= 15 is 0 Å². The van der Waals surface area contributed by atoms with Gasteiger partial charge in [0.2, 0.25) is 0 Å². The average molecular weight is 307 g/mol. The van der Waals surface area contributed by atoms with Crippen molar-refractivity contribution in [1.82, 2.24) is 0 Å². The van der Waals surface area contributed by atoms with Gasteiger partial charge in [0.1, 0.15) is 0 Å². The van der Waals surface area contributed by atoms with Crippen molar-refractivity contribution < 1.29 is 0 Å². The van der Waals surface area contributed by atoms with E-state index in [2.05, 4.69) is 79.7 Å². The van der Waals surface area contributed by atoms with Crippen molar-refractivity contribution in [3.05, 3.63) is 35.4 Å². The summed E-state index contributed by atoms with van der Waals surface area (Å²) in [6, 6.07) is 8.74. The number of benzene rings is 1. The Morgan fingerprint density at radius 2 is 1.18 bits per heavy atom. The molecule has 0 amide bonds. The van der Waals surface area contributed by atoms with Crippen LogP contribution in [0.4, 0.5) is 0 Å². The predicted molar refractivity (Wildman–Crippen MR) is 105 cm³/mol. The fraction of sp³-hybridized carbons (Fsp3) is 0.727. The Kier molecular flexibility index (Phi) is 12.5. The van der Waals surface area contributed by atoms with Gasteiger partial charge in [-0.15, -0.1) is 0 Å². The van der Waals surface area contributed by atoms with Crippen LogP contribution in [-0.2, 0) is 5.41 Å². The summed E-state index contributed by atoms with van der Waals surface area (Å²) in [5.41, 5.74) is 3.66. The zero-order valence-corrected chi connectivity index (χ0v) is 17.1. The van der Waals surface area contributed by atoms with Gasteiger partial charge in [0.05, 0.1) is 0 Å². The van der Waals surface area contributed by atoms with Crippen molar-refractivity contribution >= 4 is 0 Å². The highest BCUT2D eigenvalue weighted by atomic mass is 14.2. The summed E-state index contributed by atoms with van der Waals surface area (Å²) < 4.78 is 0. The van der Waals surface area contributed by atoms with Gasteiger partial charge in [0, 0.05) is 0 Å². The fourth-order valence-corrected chi connectivity index (χ4v) is 2.26. The van der Waals surface area contributed by atoms with Crippen LogP contribution in [0.25, 0.3) is 0 Å². The van der Waals surface area contributed by atoms with E-state index in [4.69, 9.17) is 0 Å². The molecule has 0 spiro atoms. The Bertz CT molecular complexity index is 347. The number of rotatable bonds is 4.